The van der Waals surface area contributed by atoms with Crippen molar-refractivity contribution in [2.75, 3.05) is 13.2 Å². The van der Waals surface area contributed by atoms with E-state index < -0.39 is 0 Å². The first-order valence-electron chi connectivity index (χ1n) is 12.2. The predicted octanol–water partition coefficient (Wildman–Crippen LogP) is 5.89. The van der Waals surface area contributed by atoms with E-state index in [0.29, 0.717) is 38.6 Å². The molecule has 0 radical (unpaired) electrons. The minimum Gasteiger partial charge on any atom is -0.492 e. The zero-order valence-corrected chi connectivity index (χ0v) is 20.2. The first-order valence-corrected chi connectivity index (χ1v) is 12.2. The van der Waals surface area contributed by atoms with Crippen molar-refractivity contribution in [1.29, 1.82) is 0 Å². The summed E-state index contributed by atoms with van der Waals surface area (Å²) in [5, 5.41) is 0. The molecule has 2 heterocycles. The van der Waals surface area contributed by atoms with Gasteiger partial charge in [0.05, 0.1) is 17.6 Å². The second-order valence-electron chi connectivity index (χ2n) is 9.48. The first kappa shape index (κ1) is 23.1. The number of hydrogen-bond acceptors (Lipinski definition) is 3. The summed E-state index contributed by atoms with van der Waals surface area (Å²) in [6.45, 7) is 6.58. The van der Waals surface area contributed by atoms with Crippen molar-refractivity contribution in [3.63, 3.8) is 0 Å². The smallest absolute Gasteiger partial charge is 0.223 e. The molecule has 1 aliphatic rings. The molecule has 1 aliphatic heterocycles. The van der Waals surface area contributed by atoms with Crippen LogP contribution in [0.25, 0.3) is 11.0 Å². The Labute approximate surface area is 205 Å². The van der Waals surface area contributed by atoms with E-state index in [1.165, 1.54) is 17.7 Å². The van der Waals surface area contributed by atoms with Gasteiger partial charge in [-0.3, -0.25) is 4.79 Å². The number of hydrogen-bond donors (Lipinski definition) is 0. The van der Waals surface area contributed by atoms with Crippen molar-refractivity contribution in [3.8, 4) is 5.75 Å². The number of ether oxygens (including phenoxy) is 1. The Kier molecular flexibility index (Phi) is 6.53. The largest absolute Gasteiger partial charge is 0.492 e. The minimum atomic E-state index is -0.272. The number of carbonyl (C=O) groups is 1. The van der Waals surface area contributed by atoms with E-state index in [0.717, 1.165) is 28.2 Å². The van der Waals surface area contributed by atoms with Gasteiger partial charge < -0.3 is 14.2 Å². The number of fused-ring (bicyclic) bond motifs is 1. The number of para-hydroxylation sites is 2. The highest BCUT2D eigenvalue weighted by molar-refractivity contribution is 5.81. The molecule has 0 saturated carbocycles. The van der Waals surface area contributed by atoms with Gasteiger partial charge in [0.25, 0.3) is 0 Å². The van der Waals surface area contributed by atoms with Crippen LogP contribution < -0.4 is 4.74 Å². The molecule has 0 aliphatic carbocycles. The molecule has 1 amide bonds. The molecule has 180 valence electrons. The van der Waals surface area contributed by atoms with Gasteiger partial charge in [-0.1, -0.05) is 50.2 Å². The van der Waals surface area contributed by atoms with Crippen LogP contribution >= 0.6 is 0 Å². The van der Waals surface area contributed by atoms with Gasteiger partial charge in [0.1, 0.15) is 24.0 Å². The molecule has 4 aromatic rings. The third-order valence-electron chi connectivity index (χ3n) is 6.68. The standard InChI is InChI=1S/C29H30FN3O2/c1-20(2)22-9-13-25(14-10-22)35-16-15-33-27-6-4-3-5-26(27)31-29(33)23-17-28(34)32(19-23)18-21-7-11-24(30)12-8-21/h3-14,20,23H,15-19H2,1-2H3. The Morgan fingerprint density at radius 1 is 1.03 bits per heavy atom. The Hall–Kier alpha value is -3.67. The lowest BCUT2D eigenvalue weighted by atomic mass is 10.0. The molecule has 5 rings (SSSR count). The maximum Gasteiger partial charge on any atom is 0.223 e. The second kappa shape index (κ2) is 9.90. The van der Waals surface area contributed by atoms with Crippen molar-refractivity contribution < 1.29 is 13.9 Å². The van der Waals surface area contributed by atoms with Gasteiger partial charge in [0, 0.05) is 25.4 Å². The highest BCUT2D eigenvalue weighted by atomic mass is 19.1. The summed E-state index contributed by atoms with van der Waals surface area (Å²) < 4.78 is 21.5. The lowest BCUT2D eigenvalue weighted by Crippen LogP contribution is -2.24. The number of nitrogens with zero attached hydrogens (tertiary/aromatic N) is 3. The highest BCUT2D eigenvalue weighted by Crippen LogP contribution is 2.31. The van der Waals surface area contributed by atoms with Crippen molar-refractivity contribution in [2.24, 2.45) is 0 Å². The molecule has 0 N–H and O–H groups in total. The van der Waals surface area contributed by atoms with Crippen LogP contribution in [-0.2, 0) is 17.9 Å². The Bertz CT molecular complexity index is 1310. The monoisotopic (exact) mass is 471 g/mol. The average Bonchev–Trinajstić information content (AvgIpc) is 3.41. The molecule has 1 atom stereocenters. The summed E-state index contributed by atoms with van der Waals surface area (Å²) in [6, 6.07) is 22.7. The fraction of sp³-hybridized carbons (Fsp3) is 0.310. The molecule has 0 spiro atoms. The number of imidazole rings is 1. The van der Waals surface area contributed by atoms with Gasteiger partial charge in [-0.25, -0.2) is 9.37 Å². The third-order valence-corrected chi connectivity index (χ3v) is 6.68. The van der Waals surface area contributed by atoms with E-state index in [2.05, 4.69) is 36.6 Å². The summed E-state index contributed by atoms with van der Waals surface area (Å²) in [5.74, 6) is 2.08. The number of halogens is 1. The molecule has 35 heavy (non-hydrogen) atoms. The molecule has 5 nitrogen and oxygen atoms in total. The van der Waals surface area contributed by atoms with Crippen molar-refractivity contribution in [1.82, 2.24) is 14.5 Å². The summed E-state index contributed by atoms with van der Waals surface area (Å²) >= 11 is 0. The van der Waals surface area contributed by atoms with E-state index in [-0.39, 0.29) is 17.6 Å². The molecule has 0 bridgehead atoms. The summed E-state index contributed by atoms with van der Waals surface area (Å²) in [4.78, 5) is 19.6. The average molecular weight is 472 g/mol. The fourth-order valence-corrected chi connectivity index (χ4v) is 4.75. The van der Waals surface area contributed by atoms with Crippen LogP contribution in [0.15, 0.2) is 72.8 Å². The van der Waals surface area contributed by atoms with Crippen molar-refractivity contribution >= 4 is 16.9 Å². The molecule has 6 heteroatoms. The zero-order chi connectivity index (χ0) is 24.4. The van der Waals surface area contributed by atoms with Gasteiger partial charge in [0.2, 0.25) is 5.91 Å². The maximum atomic E-state index is 13.3. The van der Waals surface area contributed by atoms with Gasteiger partial charge in [-0.15, -0.1) is 0 Å². The second-order valence-corrected chi connectivity index (χ2v) is 9.48. The van der Waals surface area contributed by atoms with E-state index in [9.17, 15) is 9.18 Å². The summed E-state index contributed by atoms with van der Waals surface area (Å²) in [7, 11) is 0. The lowest BCUT2D eigenvalue weighted by Gasteiger charge is -2.18. The van der Waals surface area contributed by atoms with Gasteiger partial charge in [-0.2, -0.15) is 0 Å². The molecular formula is C29H30FN3O2. The molecule has 3 aromatic carbocycles. The van der Waals surface area contributed by atoms with Crippen LogP contribution in [0.1, 0.15) is 49.1 Å². The van der Waals surface area contributed by atoms with Gasteiger partial charge in [-0.05, 0) is 53.4 Å². The van der Waals surface area contributed by atoms with Crippen LogP contribution in [0.5, 0.6) is 5.75 Å². The number of carbonyl (C=O) groups excluding carboxylic acids is 1. The highest BCUT2D eigenvalue weighted by Gasteiger charge is 2.34. The number of likely N-dealkylation sites (tertiary alicyclic amines) is 1. The quantitative estimate of drug-likeness (QED) is 0.322. The normalized spacial score (nSPS) is 15.9. The Balaban J connectivity index is 1.32. The topological polar surface area (TPSA) is 47.4 Å². The number of amides is 1. The zero-order valence-electron chi connectivity index (χ0n) is 20.2. The van der Waals surface area contributed by atoms with Crippen LogP contribution in [0, 0.1) is 5.82 Å². The van der Waals surface area contributed by atoms with Gasteiger partial charge in [0.15, 0.2) is 0 Å². The van der Waals surface area contributed by atoms with E-state index in [1.807, 2.05) is 35.2 Å². The van der Waals surface area contributed by atoms with Crippen LogP contribution in [0.2, 0.25) is 0 Å². The van der Waals surface area contributed by atoms with Crippen LogP contribution in [0.3, 0.4) is 0 Å². The molecule has 1 unspecified atom stereocenters. The molecule has 1 aromatic heterocycles. The fourth-order valence-electron chi connectivity index (χ4n) is 4.75. The number of rotatable bonds is 8. The molecule has 1 saturated heterocycles. The van der Waals surface area contributed by atoms with Crippen molar-refractivity contribution in [2.45, 2.75) is 45.2 Å². The van der Waals surface area contributed by atoms with Crippen LogP contribution in [-0.4, -0.2) is 33.5 Å². The summed E-state index contributed by atoms with van der Waals surface area (Å²) in [6.07, 6.45) is 0.419. The first-order chi connectivity index (χ1) is 17.0. The SMILES string of the molecule is CC(C)c1ccc(OCCn2c(C3CC(=O)N(Cc4ccc(F)cc4)C3)nc3ccccc32)cc1. The maximum absolute atomic E-state index is 13.3. The predicted molar refractivity (Wildman–Crippen MR) is 135 cm³/mol. The van der Waals surface area contributed by atoms with E-state index in [4.69, 9.17) is 9.72 Å². The third kappa shape index (κ3) is 5.06. The molecular weight excluding hydrogens is 441 g/mol. The number of aromatic nitrogens is 2. The minimum absolute atomic E-state index is 0.000624. The lowest BCUT2D eigenvalue weighted by molar-refractivity contribution is -0.128. The summed E-state index contributed by atoms with van der Waals surface area (Å²) in [5.41, 5.74) is 4.18. The van der Waals surface area contributed by atoms with Gasteiger partial charge >= 0.3 is 0 Å². The molecule has 1 fully saturated rings. The van der Waals surface area contributed by atoms with E-state index >= 15 is 0 Å². The number of benzene rings is 3. The Morgan fingerprint density at radius 2 is 1.77 bits per heavy atom. The Morgan fingerprint density at radius 3 is 2.51 bits per heavy atom. The van der Waals surface area contributed by atoms with Crippen LogP contribution in [0.4, 0.5) is 4.39 Å². The van der Waals surface area contributed by atoms with Crippen molar-refractivity contribution in [3.05, 3.63) is 95.6 Å². The van der Waals surface area contributed by atoms with E-state index in [1.54, 1.807) is 12.1 Å².